The number of aryl methyl sites for hydroxylation is 1. The number of hydrogen-bond donors (Lipinski definition) is 3. The van der Waals surface area contributed by atoms with Gasteiger partial charge in [-0.25, -0.2) is 0 Å². The van der Waals surface area contributed by atoms with Crippen molar-refractivity contribution in [3.8, 4) is 0 Å². The predicted octanol–water partition coefficient (Wildman–Crippen LogP) is 0.479. The normalized spacial score (nSPS) is 12.1. The van der Waals surface area contributed by atoms with E-state index in [0.29, 0.717) is 6.42 Å². The Morgan fingerprint density at radius 2 is 2.00 bits per heavy atom. The molecule has 3 N–H and O–H groups in total. The van der Waals surface area contributed by atoms with Crippen molar-refractivity contribution in [3.63, 3.8) is 0 Å². The highest BCUT2D eigenvalue weighted by atomic mass is 16.3. The van der Waals surface area contributed by atoms with Gasteiger partial charge < -0.3 is 15.5 Å². The van der Waals surface area contributed by atoms with Crippen LogP contribution in [0, 0.1) is 0 Å². The summed E-state index contributed by atoms with van der Waals surface area (Å²) in [5.41, 5.74) is 1.22. The number of hydrogen-bond acceptors (Lipinski definition) is 3. The highest BCUT2D eigenvalue weighted by Gasteiger charge is 2.05. The Bertz CT molecular complexity index is 327. The Morgan fingerprint density at radius 3 is 2.65 bits per heavy atom. The zero-order valence-electron chi connectivity index (χ0n) is 9.80. The van der Waals surface area contributed by atoms with Crippen LogP contribution in [0.15, 0.2) is 30.3 Å². The summed E-state index contributed by atoms with van der Waals surface area (Å²) in [5, 5.41) is 20.2. The van der Waals surface area contributed by atoms with Crippen LogP contribution in [0.4, 0.5) is 0 Å². The number of carbonyl (C=O) groups excluding carboxylic acids is 1. The van der Waals surface area contributed by atoms with Crippen LogP contribution in [-0.4, -0.2) is 35.4 Å². The number of nitrogens with one attached hydrogen (secondary N) is 1. The van der Waals surface area contributed by atoms with E-state index in [-0.39, 0.29) is 19.1 Å². The standard InChI is InChI=1S/C13H19NO3/c15-10-12(16)9-14-13(17)8-4-7-11-5-2-1-3-6-11/h1-3,5-6,12,15-16H,4,7-10H2,(H,14,17)/t12-/m0/s1. The van der Waals surface area contributed by atoms with Crippen molar-refractivity contribution in [2.45, 2.75) is 25.4 Å². The van der Waals surface area contributed by atoms with E-state index in [9.17, 15) is 4.79 Å². The van der Waals surface area contributed by atoms with Crippen LogP contribution in [0.2, 0.25) is 0 Å². The Hall–Kier alpha value is -1.39. The second kappa shape index (κ2) is 7.81. The lowest BCUT2D eigenvalue weighted by molar-refractivity contribution is -0.121. The molecule has 4 heteroatoms. The zero-order valence-corrected chi connectivity index (χ0v) is 9.80. The maximum Gasteiger partial charge on any atom is 0.220 e. The molecule has 0 saturated heterocycles. The quantitative estimate of drug-likeness (QED) is 0.646. The highest BCUT2D eigenvalue weighted by molar-refractivity contribution is 5.75. The number of rotatable bonds is 7. The largest absolute Gasteiger partial charge is 0.394 e. The molecule has 0 fully saturated rings. The van der Waals surface area contributed by atoms with Crippen LogP contribution in [0.5, 0.6) is 0 Å². The maximum absolute atomic E-state index is 11.3. The number of carbonyl (C=O) groups is 1. The molecular weight excluding hydrogens is 218 g/mol. The number of benzene rings is 1. The van der Waals surface area contributed by atoms with Gasteiger partial charge in [-0.3, -0.25) is 4.79 Å². The van der Waals surface area contributed by atoms with E-state index in [1.54, 1.807) is 0 Å². The molecular formula is C13H19NO3. The molecule has 1 amide bonds. The first-order valence-electron chi connectivity index (χ1n) is 5.82. The fourth-order valence-electron chi connectivity index (χ4n) is 1.48. The van der Waals surface area contributed by atoms with Crippen LogP contribution in [0.3, 0.4) is 0 Å². The average molecular weight is 237 g/mol. The van der Waals surface area contributed by atoms with Crippen LogP contribution >= 0.6 is 0 Å². The van der Waals surface area contributed by atoms with Crippen LogP contribution < -0.4 is 5.32 Å². The highest BCUT2D eigenvalue weighted by Crippen LogP contribution is 2.04. The first kappa shape index (κ1) is 13.7. The second-order valence-electron chi connectivity index (χ2n) is 3.98. The van der Waals surface area contributed by atoms with Crippen LogP contribution in [-0.2, 0) is 11.2 Å². The summed E-state index contributed by atoms with van der Waals surface area (Å²) in [5.74, 6) is -0.0894. The van der Waals surface area contributed by atoms with Gasteiger partial charge in [0, 0.05) is 13.0 Å². The SMILES string of the molecule is O=C(CCCc1ccccc1)NC[C@H](O)CO. The van der Waals surface area contributed by atoms with Gasteiger partial charge in [-0.15, -0.1) is 0 Å². The van der Waals surface area contributed by atoms with E-state index in [4.69, 9.17) is 10.2 Å². The summed E-state index contributed by atoms with van der Waals surface area (Å²) in [6.07, 6.45) is 1.22. The summed E-state index contributed by atoms with van der Waals surface area (Å²) in [6, 6.07) is 9.99. The van der Waals surface area contributed by atoms with Gasteiger partial charge in [0.2, 0.25) is 5.91 Å². The van der Waals surface area contributed by atoms with E-state index >= 15 is 0 Å². The van der Waals surface area contributed by atoms with E-state index in [0.717, 1.165) is 12.8 Å². The molecule has 0 heterocycles. The van der Waals surface area contributed by atoms with Crippen molar-refractivity contribution in [1.82, 2.24) is 5.32 Å². The minimum atomic E-state index is -0.868. The Labute approximate surface area is 101 Å². The summed E-state index contributed by atoms with van der Waals surface area (Å²) >= 11 is 0. The van der Waals surface area contributed by atoms with Gasteiger partial charge in [0.05, 0.1) is 12.7 Å². The lowest BCUT2D eigenvalue weighted by atomic mass is 10.1. The van der Waals surface area contributed by atoms with E-state index in [1.807, 2.05) is 30.3 Å². The maximum atomic E-state index is 11.3. The lowest BCUT2D eigenvalue weighted by Gasteiger charge is -2.08. The molecule has 1 aromatic carbocycles. The molecule has 0 aromatic heterocycles. The van der Waals surface area contributed by atoms with Gasteiger partial charge >= 0.3 is 0 Å². The molecule has 1 atom stereocenters. The minimum absolute atomic E-state index is 0.0894. The zero-order chi connectivity index (χ0) is 12.5. The number of amides is 1. The molecule has 4 nitrogen and oxygen atoms in total. The van der Waals surface area contributed by atoms with Crippen molar-refractivity contribution >= 4 is 5.91 Å². The smallest absolute Gasteiger partial charge is 0.220 e. The Kier molecular flexibility index (Phi) is 6.29. The third-order valence-corrected chi connectivity index (χ3v) is 2.46. The molecule has 0 bridgehead atoms. The molecule has 0 aliphatic heterocycles. The third-order valence-electron chi connectivity index (χ3n) is 2.46. The predicted molar refractivity (Wildman–Crippen MR) is 65.5 cm³/mol. The molecule has 1 rings (SSSR count). The fourth-order valence-corrected chi connectivity index (χ4v) is 1.48. The lowest BCUT2D eigenvalue weighted by Crippen LogP contribution is -2.33. The molecule has 0 aliphatic carbocycles. The summed E-state index contributed by atoms with van der Waals surface area (Å²) < 4.78 is 0. The van der Waals surface area contributed by atoms with Crippen molar-refractivity contribution in [1.29, 1.82) is 0 Å². The van der Waals surface area contributed by atoms with Gasteiger partial charge in [0.25, 0.3) is 0 Å². The van der Waals surface area contributed by atoms with Gasteiger partial charge in [-0.1, -0.05) is 30.3 Å². The van der Waals surface area contributed by atoms with E-state index in [1.165, 1.54) is 5.56 Å². The van der Waals surface area contributed by atoms with Gasteiger partial charge in [-0.2, -0.15) is 0 Å². The number of aliphatic hydroxyl groups is 2. The molecule has 1 aromatic rings. The molecule has 0 unspecified atom stereocenters. The van der Waals surface area contributed by atoms with Crippen molar-refractivity contribution in [2.24, 2.45) is 0 Å². The van der Waals surface area contributed by atoms with Crippen LogP contribution in [0.25, 0.3) is 0 Å². The van der Waals surface area contributed by atoms with E-state index in [2.05, 4.69) is 5.32 Å². The monoisotopic (exact) mass is 237 g/mol. The Morgan fingerprint density at radius 1 is 1.29 bits per heavy atom. The fraction of sp³-hybridized carbons (Fsp3) is 0.462. The topological polar surface area (TPSA) is 69.6 Å². The molecule has 17 heavy (non-hydrogen) atoms. The van der Waals surface area contributed by atoms with Crippen molar-refractivity contribution in [2.75, 3.05) is 13.2 Å². The van der Waals surface area contributed by atoms with Crippen molar-refractivity contribution < 1.29 is 15.0 Å². The average Bonchev–Trinajstić information content (AvgIpc) is 2.37. The van der Waals surface area contributed by atoms with Gasteiger partial charge in [0.15, 0.2) is 0 Å². The second-order valence-corrected chi connectivity index (χ2v) is 3.98. The molecule has 0 radical (unpaired) electrons. The first-order valence-corrected chi connectivity index (χ1v) is 5.82. The van der Waals surface area contributed by atoms with Gasteiger partial charge in [0.1, 0.15) is 0 Å². The first-order chi connectivity index (χ1) is 8.22. The third kappa shape index (κ3) is 6.04. The minimum Gasteiger partial charge on any atom is -0.394 e. The summed E-state index contributed by atoms with van der Waals surface area (Å²) in [4.78, 5) is 11.3. The summed E-state index contributed by atoms with van der Waals surface area (Å²) in [7, 11) is 0. The van der Waals surface area contributed by atoms with E-state index < -0.39 is 6.10 Å². The van der Waals surface area contributed by atoms with Gasteiger partial charge in [-0.05, 0) is 18.4 Å². The summed E-state index contributed by atoms with van der Waals surface area (Å²) in [6.45, 7) is -0.217. The molecule has 0 spiro atoms. The Balaban J connectivity index is 2.12. The molecule has 0 saturated carbocycles. The van der Waals surface area contributed by atoms with Crippen LogP contribution in [0.1, 0.15) is 18.4 Å². The molecule has 0 aliphatic rings. The van der Waals surface area contributed by atoms with Crippen molar-refractivity contribution in [3.05, 3.63) is 35.9 Å². The molecule has 94 valence electrons. The number of aliphatic hydroxyl groups excluding tert-OH is 2.